The highest BCUT2D eigenvalue weighted by Crippen LogP contribution is 2.29. The SMILES string of the molecule is Cc1cc(N2CC(NC(=O)c3ccc(Cl)cn3)CC2=O)ccc1N1CCOCC1=O. The Kier molecular flexibility index (Phi) is 5.69. The molecule has 2 aliphatic heterocycles. The minimum absolute atomic E-state index is 0.0704. The number of hydrogen-bond acceptors (Lipinski definition) is 5. The molecule has 3 amide bonds. The molecular formula is C21H21ClN4O4. The minimum atomic E-state index is -0.344. The zero-order valence-corrected chi connectivity index (χ0v) is 17.2. The number of halogens is 1. The molecule has 0 radical (unpaired) electrons. The van der Waals surface area contributed by atoms with E-state index in [1.807, 2.05) is 25.1 Å². The van der Waals surface area contributed by atoms with Gasteiger partial charge in [-0.1, -0.05) is 11.6 Å². The third-order valence-corrected chi connectivity index (χ3v) is 5.41. The van der Waals surface area contributed by atoms with Gasteiger partial charge in [-0.25, -0.2) is 4.98 Å². The molecule has 0 spiro atoms. The molecule has 2 fully saturated rings. The molecule has 1 unspecified atom stereocenters. The average molecular weight is 429 g/mol. The zero-order chi connectivity index (χ0) is 21.3. The molecule has 1 aromatic carbocycles. The second kappa shape index (κ2) is 8.41. The highest BCUT2D eigenvalue weighted by molar-refractivity contribution is 6.30. The van der Waals surface area contributed by atoms with E-state index in [9.17, 15) is 14.4 Å². The van der Waals surface area contributed by atoms with E-state index < -0.39 is 0 Å². The van der Waals surface area contributed by atoms with E-state index in [-0.39, 0.29) is 42.5 Å². The zero-order valence-electron chi connectivity index (χ0n) is 16.4. The van der Waals surface area contributed by atoms with Crippen LogP contribution in [0.25, 0.3) is 0 Å². The lowest BCUT2D eigenvalue weighted by molar-refractivity contribution is -0.125. The summed E-state index contributed by atoms with van der Waals surface area (Å²) in [6.45, 7) is 3.37. The lowest BCUT2D eigenvalue weighted by Crippen LogP contribution is -2.42. The van der Waals surface area contributed by atoms with Gasteiger partial charge in [-0.05, 0) is 42.8 Å². The molecule has 2 aliphatic rings. The number of ether oxygens (including phenoxy) is 1. The lowest BCUT2D eigenvalue weighted by atomic mass is 10.1. The average Bonchev–Trinajstić information content (AvgIpc) is 3.09. The first-order valence-corrected chi connectivity index (χ1v) is 10.0. The van der Waals surface area contributed by atoms with Gasteiger partial charge in [0.15, 0.2) is 0 Å². The monoisotopic (exact) mass is 428 g/mol. The molecule has 3 heterocycles. The number of hydrogen-bond donors (Lipinski definition) is 1. The second-order valence-electron chi connectivity index (χ2n) is 7.31. The molecule has 0 saturated carbocycles. The van der Waals surface area contributed by atoms with Crippen molar-refractivity contribution in [3.63, 3.8) is 0 Å². The molecule has 8 nitrogen and oxygen atoms in total. The van der Waals surface area contributed by atoms with Crippen molar-refractivity contribution in [3.05, 3.63) is 52.8 Å². The predicted molar refractivity (Wildman–Crippen MR) is 112 cm³/mol. The molecule has 2 aromatic rings. The van der Waals surface area contributed by atoms with Crippen LogP contribution in [0.3, 0.4) is 0 Å². The van der Waals surface area contributed by atoms with Gasteiger partial charge in [0.2, 0.25) is 5.91 Å². The molecule has 30 heavy (non-hydrogen) atoms. The van der Waals surface area contributed by atoms with Crippen molar-refractivity contribution in [2.75, 3.05) is 36.1 Å². The Bertz CT molecular complexity index is 995. The van der Waals surface area contributed by atoms with Crippen molar-refractivity contribution in [1.82, 2.24) is 10.3 Å². The molecule has 156 valence electrons. The van der Waals surface area contributed by atoms with Gasteiger partial charge in [0.05, 0.1) is 17.7 Å². The number of aromatic nitrogens is 1. The summed E-state index contributed by atoms with van der Waals surface area (Å²) < 4.78 is 5.18. The van der Waals surface area contributed by atoms with Gasteiger partial charge in [0, 0.05) is 37.1 Å². The molecule has 1 atom stereocenters. The molecule has 1 N–H and O–H groups in total. The van der Waals surface area contributed by atoms with E-state index in [1.165, 1.54) is 6.20 Å². The normalized spacial score (nSPS) is 19.3. The fourth-order valence-electron chi connectivity index (χ4n) is 3.71. The summed E-state index contributed by atoms with van der Waals surface area (Å²) in [5.74, 6) is -0.490. The van der Waals surface area contributed by atoms with Gasteiger partial charge in [-0.2, -0.15) is 0 Å². The van der Waals surface area contributed by atoms with Crippen molar-refractivity contribution < 1.29 is 19.1 Å². The van der Waals surface area contributed by atoms with Gasteiger partial charge in [0.25, 0.3) is 11.8 Å². The Hall–Kier alpha value is -2.97. The minimum Gasteiger partial charge on any atom is -0.370 e. The number of nitrogens with zero attached hydrogens (tertiary/aromatic N) is 3. The van der Waals surface area contributed by atoms with Crippen LogP contribution in [-0.4, -0.2) is 55.1 Å². The van der Waals surface area contributed by atoms with Crippen LogP contribution in [0.1, 0.15) is 22.5 Å². The molecular weight excluding hydrogens is 408 g/mol. The number of pyridine rings is 1. The molecule has 4 rings (SSSR count). The van der Waals surface area contributed by atoms with Crippen molar-refractivity contribution in [2.45, 2.75) is 19.4 Å². The summed E-state index contributed by atoms with van der Waals surface area (Å²) in [7, 11) is 0. The summed E-state index contributed by atoms with van der Waals surface area (Å²) in [6.07, 6.45) is 1.62. The van der Waals surface area contributed by atoms with Crippen molar-refractivity contribution >= 4 is 40.7 Å². The van der Waals surface area contributed by atoms with E-state index in [0.717, 1.165) is 16.9 Å². The number of anilines is 2. The molecule has 9 heteroatoms. The number of carbonyl (C=O) groups excluding carboxylic acids is 3. The van der Waals surface area contributed by atoms with Crippen LogP contribution >= 0.6 is 11.6 Å². The largest absolute Gasteiger partial charge is 0.370 e. The number of amides is 3. The smallest absolute Gasteiger partial charge is 0.270 e. The first-order chi connectivity index (χ1) is 14.4. The van der Waals surface area contributed by atoms with Crippen LogP contribution in [-0.2, 0) is 14.3 Å². The maximum absolute atomic E-state index is 12.6. The van der Waals surface area contributed by atoms with Gasteiger partial charge in [0.1, 0.15) is 12.3 Å². The third kappa shape index (κ3) is 4.15. The van der Waals surface area contributed by atoms with Crippen LogP contribution < -0.4 is 15.1 Å². The van der Waals surface area contributed by atoms with E-state index in [2.05, 4.69) is 10.3 Å². The summed E-state index contributed by atoms with van der Waals surface area (Å²) in [6, 6.07) is 8.39. The number of aryl methyl sites for hydroxylation is 1. The molecule has 0 aliphatic carbocycles. The van der Waals surface area contributed by atoms with Crippen molar-refractivity contribution in [3.8, 4) is 0 Å². The predicted octanol–water partition coefficient (Wildman–Crippen LogP) is 1.94. The molecule has 0 bridgehead atoms. The number of benzene rings is 1. The summed E-state index contributed by atoms with van der Waals surface area (Å²) in [5.41, 5.74) is 2.70. The van der Waals surface area contributed by atoms with E-state index in [4.69, 9.17) is 16.3 Å². The van der Waals surface area contributed by atoms with Crippen LogP contribution in [0.15, 0.2) is 36.5 Å². The Morgan fingerprint density at radius 2 is 2.03 bits per heavy atom. The summed E-state index contributed by atoms with van der Waals surface area (Å²) in [4.78, 5) is 44.4. The van der Waals surface area contributed by atoms with E-state index >= 15 is 0 Å². The quantitative estimate of drug-likeness (QED) is 0.803. The molecule has 2 saturated heterocycles. The Morgan fingerprint density at radius 1 is 1.20 bits per heavy atom. The summed E-state index contributed by atoms with van der Waals surface area (Å²) in [5, 5.41) is 3.30. The first kappa shape index (κ1) is 20.3. The first-order valence-electron chi connectivity index (χ1n) is 9.64. The Morgan fingerprint density at radius 3 is 2.73 bits per heavy atom. The van der Waals surface area contributed by atoms with Crippen LogP contribution in [0.4, 0.5) is 11.4 Å². The van der Waals surface area contributed by atoms with Crippen LogP contribution in [0, 0.1) is 6.92 Å². The third-order valence-electron chi connectivity index (χ3n) is 5.19. The lowest BCUT2D eigenvalue weighted by Gasteiger charge is -2.29. The Labute approximate surface area is 178 Å². The number of rotatable bonds is 4. The summed E-state index contributed by atoms with van der Waals surface area (Å²) >= 11 is 5.80. The number of nitrogens with one attached hydrogen (secondary N) is 1. The molecule has 1 aromatic heterocycles. The van der Waals surface area contributed by atoms with Gasteiger partial charge in [-0.15, -0.1) is 0 Å². The number of carbonyl (C=O) groups is 3. The fourth-order valence-corrected chi connectivity index (χ4v) is 3.82. The highest BCUT2D eigenvalue weighted by atomic mass is 35.5. The van der Waals surface area contributed by atoms with Crippen molar-refractivity contribution in [1.29, 1.82) is 0 Å². The standard InChI is InChI=1S/C21H21ClN4O4/c1-13-8-16(3-5-18(13)25-6-7-30-12-20(25)28)26-11-15(9-19(26)27)24-21(29)17-4-2-14(22)10-23-17/h2-5,8,10,15H,6-7,9,11-12H2,1H3,(H,24,29). The van der Waals surface area contributed by atoms with Crippen molar-refractivity contribution in [2.24, 2.45) is 0 Å². The number of morpholine rings is 1. The van der Waals surface area contributed by atoms with Crippen LogP contribution in [0.2, 0.25) is 5.02 Å². The van der Waals surface area contributed by atoms with Gasteiger partial charge < -0.3 is 19.9 Å². The topological polar surface area (TPSA) is 91.8 Å². The second-order valence-corrected chi connectivity index (χ2v) is 7.75. The fraction of sp³-hybridized carbons (Fsp3) is 0.333. The van der Waals surface area contributed by atoms with Crippen LogP contribution in [0.5, 0.6) is 0 Å². The maximum Gasteiger partial charge on any atom is 0.270 e. The van der Waals surface area contributed by atoms with E-state index in [1.54, 1.807) is 21.9 Å². The Balaban J connectivity index is 1.45. The van der Waals surface area contributed by atoms with E-state index in [0.29, 0.717) is 24.7 Å². The van der Waals surface area contributed by atoms with Gasteiger partial charge >= 0.3 is 0 Å². The van der Waals surface area contributed by atoms with Gasteiger partial charge in [-0.3, -0.25) is 14.4 Å². The maximum atomic E-state index is 12.6. The highest BCUT2D eigenvalue weighted by Gasteiger charge is 2.32.